The van der Waals surface area contributed by atoms with Crippen molar-refractivity contribution in [2.75, 3.05) is 12.4 Å². The van der Waals surface area contributed by atoms with Crippen LogP contribution in [0.1, 0.15) is 12.5 Å². The lowest BCUT2D eigenvalue weighted by molar-refractivity contribution is -0.154. The predicted molar refractivity (Wildman–Crippen MR) is 96.0 cm³/mol. The summed E-state index contributed by atoms with van der Waals surface area (Å²) in [5.74, 6) is -0.967. The fourth-order valence-corrected chi connectivity index (χ4v) is 3.73. The normalized spacial score (nSPS) is 13.0. The molecule has 0 radical (unpaired) electrons. The maximum atomic E-state index is 13.1. The average Bonchev–Trinajstić information content (AvgIpc) is 3.00. The van der Waals surface area contributed by atoms with Gasteiger partial charge >= 0.3 is 12.4 Å². The lowest BCUT2D eigenvalue weighted by Crippen LogP contribution is -2.19. The molecular formula is C17H14F6N4O3S. The molecule has 0 fully saturated rings. The zero-order valence-corrected chi connectivity index (χ0v) is 16.7. The van der Waals surface area contributed by atoms with Crippen LogP contribution >= 0.6 is 0 Å². The summed E-state index contributed by atoms with van der Waals surface area (Å²) in [5.41, 5.74) is -1.21. The predicted octanol–water partition coefficient (Wildman–Crippen LogP) is 3.78. The molecule has 0 aliphatic heterocycles. The Labute approximate surface area is 171 Å². The molecule has 0 unspecified atom stereocenters. The Morgan fingerprint density at radius 3 is 2.32 bits per heavy atom. The summed E-state index contributed by atoms with van der Waals surface area (Å²) < 4.78 is 107. The van der Waals surface area contributed by atoms with Crippen LogP contribution in [0.3, 0.4) is 0 Å². The molecule has 0 aliphatic rings. The molecule has 31 heavy (non-hydrogen) atoms. The fourth-order valence-electron chi connectivity index (χ4n) is 2.68. The van der Waals surface area contributed by atoms with E-state index in [1.54, 1.807) is 0 Å². The van der Waals surface area contributed by atoms with Crippen molar-refractivity contribution >= 4 is 20.9 Å². The van der Waals surface area contributed by atoms with Gasteiger partial charge in [0, 0.05) is 19.3 Å². The lowest BCUT2D eigenvalue weighted by Gasteiger charge is -2.12. The molecule has 7 nitrogen and oxygen atoms in total. The van der Waals surface area contributed by atoms with Gasteiger partial charge in [-0.1, -0.05) is 6.92 Å². The van der Waals surface area contributed by atoms with Crippen molar-refractivity contribution in [1.29, 1.82) is 0 Å². The number of fused-ring (bicyclic) bond motifs is 1. The summed E-state index contributed by atoms with van der Waals surface area (Å²) in [6.45, 7) is -0.312. The van der Waals surface area contributed by atoms with E-state index < -0.39 is 45.0 Å². The molecule has 0 saturated heterocycles. The van der Waals surface area contributed by atoms with Gasteiger partial charge in [0.05, 0.1) is 33.4 Å². The van der Waals surface area contributed by atoms with Crippen LogP contribution in [0.5, 0.6) is 5.88 Å². The van der Waals surface area contributed by atoms with Crippen molar-refractivity contribution in [3.63, 3.8) is 0 Å². The second-order valence-corrected chi connectivity index (χ2v) is 8.63. The topological polar surface area (TPSA) is 87.0 Å². The maximum absolute atomic E-state index is 13.1. The molecule has 0 atom stereocenters. The highest BCUT2D eigenvalue weighted by Crippen LogP contribution is 2.35. The Hall–Kier alpha value is -2.90. The van der Waals surface area contributed by atoms with Crippen LogP contribution in [0.4, 0.5) is 26.3 Å². The maximum Gasteiger partial charge on any atom is 0.422 e. The summed E-state index contributed by atoms with van der Waals surface area (Å²) in [7, 11) is -2.69. The van der Waals surface area contributed by atoms with E-state index in [-0.39, 0.29) is 28.4 Å². The van der Waals surface area contributed by atoms with Crippen LogP contribution in [0, 0.1) is 0 Å². The summed E-state index contributed by atoms with van der Waals surface area (Å²) in [6.07, 6.45) is -7.76. The monoisotopic (exact) mass is 468 g/mol. The molecule has 0 spiro atoms. The van der Waals surface area contributed by atoms with Gasteiger partial charge in [0.25, 0.3) is 0 Å². The van der Waals surface area contributed by atoms with Gasteiger partial charge in [-0.3, -0.25) is 4.98 Å². The van der Waals surface area contributed by atoms with Gasteiger partial charge < -0.3 is 9.30 Å². The Bertz CT molecular complexity index is 1240. The van der Waals surface area contributed by atoms with Crippen molar-refractivity contribution in [2.45, 2.75) is 24.2 Å². The molecule has 3 heterocycles. The van der Waals surface area contributed by atoms with Crippen molar-refractivity contribution in [2.24, 2.45) is 7.05 Å². The molecule has 0 aromatic carbocycles. The Balaban J connectivity index is 2.15. The van der Waals surface area contributed by atoms with Crippen molar-refractivity contribution in [3.8, 4) is 17.4 Å². The van der Waals surface area contributed by atoms with E-state index in [9.17, 15) is 34.8 Å². The number of hydrogen-bond donors (Lipinski definition) is 0. The largest absolute Gasteiger partial charge is 0.468 e. The Morgan fingerprint density at radius 2 is 1.74 bits per heavy atom. The van der Waals surface area contributed by atoms with Crippen LogP contribution in [-0.2, 0) is 23.1 Å². The fraction of sp³-hybridized carbons (Fsp3) is 0.353. The molecule has 168 valence electrons. The summed E-state index contributed by atoms with van der Waals surface area (Å²) in [4.78, 5) is 10.9. The number of aromatic nitrogens is 4. The highest BCUT2D eigenvalue weighted by Gasteiger charge is 2.34. The zero-order chi connectivity index (χ0) is 23.2. The number of hydrogen-bond acceptors (Lipinski definition) is 6. The van der Waals surface area contributed by atoms with Gasteiger partial charge in [0.2, 0.25) is 5.88 Å². The molecular weight excluding hydrogens is 454 g/mol. The van der Waals surface area contributed by atoms with Crippen LogP contribution in [0.25, 0.3) is 22.6 Å². The highest BCUT2D eigenvalue weighted by molar-refractivity contribution is 7.91. The molecule has 0 bridgehead atoms. The molecule has 0 aliphatic carbocycles. The number of imidazole rings is 1. The van der Waals surface area contributed by atoms with Crippen molar-refractivity contribution in [3.05, 3.63) is 30.1 Å². The third kappa shape index (κ3) is 4.73. The van der Waals surface area contributed by atoms with Gasteiger partial charge in [0.15, 0.2) is 22.3 Å². The van der Waals surface area contributed by atoms with Gasteiger partial charge in [-0.05, 0) is 6.07 Å². The van der Waals surface area contributed by atoms with Crippen LogP contribution in [-0.4, -0.2) is 46.5 Å². The van der Waals surface area contributed by atoms with Crippen molar-refractivity contribution in [1.82, 2.24) is 19.5 Å². The highest BCUT2D eigenvalue weighted by atomic mass is 32.2. The van der Waals surface area contributed by atoms with Crippen LogP contribution < -0.4 is 4.74 Å². The first-order chi connectivity index (χ1) is 14.2. The van der Waals surface area contributed by atoms with Crippen LogP contribution in [0.2, 0.25) is 0 Å². The van der Waals surface area contributed by atoms with E-state index in [4.69, 9.17) is 0 Å². The lowest BCUT2D eigenvalue weighted by atomic mass is 10.2. The first-order valence-electron chi connectivity index (χ1n) is 8.55. The minimum absolute atomic E-state index is 0.0891. The summed E-state index contributed by atoms with van der Waals surface area (Å²) in [5, 5.41) is 0. The number of rotatable bonds is 5. The third-order valence-corrected chi connectivity index (χ3v) is 5.97. The smallest absolute Gasteiger partial charge is 0.422 e. The molecule has 14 heteroatoms. The average molecular weight is 468 g/mol. The van der Waals surface area contributed by atoms with Gasteiger partial charge in [-0.2, -0.15) is 26.3 Å². The van der Waals surface area contributed by atoms with E-state index >= 15 is 0 Å². The number of halogens is 6. The van der Waals surface area contributed by atoms with E-state index in [0.717, 1.165) is 12.3 Å². The molecule has 0 amide bonds. The second-order valence-electron chi connectivity index (χ2n) is 6.38. The number of pyridine rings is 2. The van der Waals surface area contributed by atoms with Crippen molar-refractivity contribution < 1.29 is 39.5 Å². The molecule has 3 aromatic heterocycles. The first kappa shape index (κ1) is 22.8. The summed E-state index contributed by atoms with van der Waals surface area (Å²) >= 11 is 0. The Kier molecular flexibility index (Phi) is 5.63. The molecule has 3 aromatic rings. The van der Waals surface area contributed by atoms with E-state index in [2.05, 4.69) is 19.7 Å². The molecule has 3 rings (SSSR count). The first-order valence-corrected chi connectivity index (χ1v) is 10.2. The SMILES string of the molecule is CCS(=O)(=O)c1cc(C(F)(F)F)cnc1-c1nc2cc(OCC(F)(F)F)ncc2n1C. The minimum atomic E-state index is -4.81. The number of alkyl halides is 6. The number of nitrogens with zero attached hydrogens (tertiary/aromatic N) is 4. The van der Waals surface area contributed by atoms with Crippen LogP contribution in [0.15, 0.2) is 29.4 Å². The minimum Gasteiger partial charge on any atom is -0.468 e. The van der Waals surface area contributed by atoms with Gasteiger partial charge in [-0.25, -0.2) is 18.4 Å². The van der Waals surface area contributed by atoms with E-state index in [1.165, 1.54) is 18.5 Å². The Morgan fingerprint density at radius 1 is 1.06 bits per heavy atom. The quantitative estimate of drug-likeness (QED) is 0.530. The van der Waals surface area contributed by atoms with E-state index in [0.29, 0.717) is 12.3 Å². The standard InChI is InChI=1S/C17H14F6N4O3S/c1-3-31(28,29)12-4-9(17(21,22)23)6-25-14(12)15-26-10-5-13(30-8-16(18,19)20)24-7-11(10)27(15)2/h4-7H,3,8H2,1-2H3. The molecule has 0 saturated carbocycles. The van der Waals surface area contributed by atoms with Gasteiger partial charge in [-0.15, -0.1) is 0 Å². The van der Waals surface area contributed by atoms with Gasteiger partial charge in [0.1, 0.15) is 5.69 Å². The second kappa shape index (κ2) is 7.66. The zero-order valence-electron chi connectivity index (χ0n) is 15.9. The number of aryl methyl sites for hydroxylation is 1. The van der Waals surface area contributed by atoms with E-state index in [1.807, 2.05) is 0 Å². The third-order valence-electron chi connectivity index (χ3n) is 4.23. The molecule has 0 N–H and O–H groups in total. The number of ether oxygens (including phenoxy) is 1. The summed E-state index contributed by atoms with van der Waals surface area (Å²) in [6, 6.07) is 1.58. The number of sulfone groups is 1.